The third-order valence-electron chi connectivity index (χ3n) is 3.82. The van der Waals surface area contributed by atoms with Crippen LogP contribution in [-0.4, -0.2) is 30.5 Å². The molecule has 0 fully saturated rings. The maximum Gasteiger partial charge on any atom is 0.266 e. The van der Waals surface area contributed by atoms with Crippen LogP contribution in [0.25, 0.3) is 6.08 Å². The quantitative estimate of drug-likeness (QED) is 0.564. The zero-order valence-electron chi connectivity index (χ0n) is 15.9. The molecule has 1 aromatic carbocycles. The van der Waals surface area contributed by atoms with Gasteiger partial charge in [-0.05, 0) is 31.6 Å². The van der Waals surface area contributed by atoms with Gasteiger partial charge in [0.2, 0.25) is 5.91 Å². The van der Waals surface area contributed by atoms with Crippen molar-refractivity contribution in [1.29, 1.82) is 5.26 Å². The number of hydrogen-bond acceptors (Lipinski definition) is 6. The number of benzene rings is 1. The van der Waals surface area contributed by atoms with E-state index in [1.807, 2.05) is 13.0 Å². The Hall–Kier alpha value is -2.89. The van der Waals surface area contributed by atoms with Gasteiger partial charge < -0.3 is 10.1 Å². The minimum absolute atomic E-state index is 0.127. The molecule has 9 heteroatoms. The number of ether oxygens (including phenoxy) is 1. The van der Waals surface area contributed by atoms with Crippen molar-refractivity contribution in [2.24, 2.45) is 0 Å². The molecule has 2 rings (SSSR count). The van der Waals surface area contributed by atoms with E-state index in [0.717, 1.165) is 5.56 Å². The van der Waals surface area contributed by atoms with Crippen LogP contribution >= 0.6 is 22.9 Å². The van der Waals surface area contributed by atoms with E-state index in [-0.39, 0.29) is 11.5 Å². The van der Waals surface area contributed by atoms with Crippen LogP contribution in [-0.2, 0) is 9.59 Å². The Bertz CT molecular complexity index is 978. The lowest BCUT2D eigenvalue weighted by molar-refractivity contribution is -0.116. The molecule has 1 aromatic heterocycles. The number of anilines is 2. The lowest BCUT2D eigenvalue weighted by atomic mass is 10.1. The molecule has 0 radical (unpaired) electrons. The van der Waals surface area contributed by atoms with Crippen LogP contribution in [0.3, 0.4) is 0 Å². The number of carbonyl (C=O) groups excluding carboxylic acids is 2. The smallest absolute Gasteiger partial charge is 0.266 e. The molecule has 1 heterocycles. The first-order valence-electron chi connectivity index (χ1n) is 8.31. The Morgan fingerprint density at radius 2 is 2.18 bits per heavy atom. The number of nitrogens with zero attached hydrogens (tertiary/aromatic N) is 3. The molecule has 146 valence electrons. The van der Waals surface area contributed by atoms with Crippen molar-refractivity contribution in [3.05, 3.63) is 39.4 Å². The number of halogens is 1. The molecule has 0 aliphatic heterocycles. The molecule has 0 saturated carbocycles. The summed E-state index contributed by atoms with van der Waals surface area (Å²) in [7, 11) is 1.46. The van der Waals surface area contributed by atoms with Gasteiger partial charge in [0.1, 0.15) is 17.4 Å². The maximum absolute atomic E-state index is 12.5. The Kier molecular flexibility index (Phi) is 7.15. The summed E-state index contributed by atoms with van der Waals surface area (Å²) >= 11 is 7.33. The second kappa shape index (κ2) is 9.35. The standard InChI is InChI=1S/C19H19ClN4O3S/c1-5-24(12(3)25)19-22-14(10-28-19)7-13(9-21)18(26)23-16-6-11(2)15(20)8-17(16)27-4/h6-8,10H,5H2,1-4H3,(H,23,26)/b13-7+. The van der Waals surface area contributed by atoms with E-state index in [4.69, 9.17) is 16.3 Å². The van der Waals surface area contributed by atoms with Crippen LogP contribution in [0, 0.1) is 18.3 Å². The zero-order valence-corrected chi connectivity index (χ0v) is 17.4. The number of methoxy groups -OCH3 is 1. The molecular formula is C19H19ClN4O3S. The Labute approximate surface area is 172 Å². The number of hydrogen-bond donors (Lipinski definition) is 1. The molecule has 28 heavy (non-hydrogen) atoms. The van der Waals surface area contributed by atoms with Crippen molar-refractivity contribution in [1.82, 2.24) is 4.98 Å². The van der Waals surface area contributed by atoms with Crippen molar-refractivity contribution in [2.75, 3.05) is 23.9 Å². The number of nitrogens with one attached hydrogen (secondary N) is 1. The average molecular weight is 419 g/mol. The van der Waals surface area contributed by atoms with Crippen molar-refractivity contribution in [2.45, 2.75) is 20.8 Å². The molecule has 0 spiro atoms. The molecule has 0 atom stereocenters. The van der Waals surface area contributed by atoms with Gasteiger partial charge >= 0.3 is 0 Å². The first-order chi connectivity index (χ1) is 13.3. The van der Waals surface area contributed by atoms with E-state index in [1.165, 1.54) is 36.3 Å². The minimum atomic E-state index is -0.601. The van der Waals surface area contributed by atoms with Crippen LogP contribution < -0.4 is 15.0 Å². The lowest BCUT2D eigenvalue weighted by Gasteiger charge is -2.14. The molecule has 0 saturated heterocycles. The second-order valence-corrected chi connectivity index (χ2v) is 6.99. The highest BCUT2D eigenvalue weighted by atomic mass is 35.5. The molecule has 7 nitrogen and oxygen atoms in total. The molecule has 0 aliphatic rings. The number of rotatable bonds is 6. The van der Waals surface area contributed by atoms with Crippen LogP contribution in [0.5, 0.6) is 5.75 Å². The summed E-state index contributed by atoms with van der Waals surface area (Å²) in [4.78, 5) is 30.0. The maximum atomic E-state index is 12.5. The Morgan fingerprint density at radius 1 is 1.46 bits per heavy atom. The van der Waals surface area contributed by atoms with Crippen molar-refractivity contribution >= 4 is 51.6 Å². The van der Waals surface area contributed by atoms with E-state index >= 15 is 0 Å². The van der Waals surface area contributed by atoms with Gasteiger partial charge in [-0.2, -0.15) is 5.26 Å². The second-order valence-electron chi connectivity index (χ2n) is 5.74. The van der Waals surface area contributed by atoms with Gasteiger partial charge in [0.25, 0.3) is 5.91 Å². The topological polar surface area (TPSA) is 95.3 Å². The predicted molar refractivity (Wildman–Crippen MR) is 111 cm³/mol. The molecule has 2 aromatic rings. The molecular weight excluding hydrogens is 400 g/mol. The molecule has 2 amide bonds. The summed E-state index contributed by atoms with van der Waals surface area (Å²) in [6.07, 6.45) is 1.37. The summed E-state index contributed by atoms with van der Waals surface area (Å²) < 4.78 is 5.23. The van der Waals surface area contributed by atoms with Crippen LogP contribution in [0.1, 0.15) is 25.1 Å². The molecule has 1 N–H and O–H groups in total. The highest BCUT2D eigenvalue weighted by molar-refractivity contribution is 7.14. The summed E-state index contributed by atoms with van der Waals surface area (Å²) in [5.74, 6) is -0.343. The number of aryl methyl sites for hydroxylation is 1. The Morgan fingerprint density at radius 3 is 2.75 bits per heavy atom. The first kappa shape index (κ1) is 21.4. The SMILES string of the molecule is CCN(C(C)=O)c1nc(/C=C(\C#N)C(=O)Nc2cc(C)c(Cl)cc2OC)cs1. The van der Waals surface area contributed by atoms with Crippen molar-refractivity contribution in [3.63, 3.8) is 0 Å². The third kappa shape index (κ3) is 4.88. The fourth-order valence-electron chi connectivity index (χ4n) is 2.38. The fraction of sp³-hybridized carbons (Fsp3) is 0.263. The number of amides is 2. The highest BCUT2D eigenvalue weighted by Crippen LogP contribution is 2.31. The van der Waals surface area contributed by atoms with Gasteiger partial charge in [-0.25, -0.2) is 4.98 Å². The summed E-state index contributed by atoms with van der Waals surface area (Å²) in [5, 5.41) is 14.7. The number of nitriles is 1. The third-order valence-corrected chi connectivity index (χ3v) is 5.11. The van der Waals surface area contributed by atoms with E-state index in [2.05, 4.69) is 10.3 Å². The summed E-state index contributed by atoms with van der Waals surface area (Å²) in [5.41, 5.74) is 1.46. The van der Waals surface area contributed by atoms with Crippen molar-refractivity contribution in [3.8, 4) is 11.8 Å². The van der Waals surface area contributed by atoms with Crippen molar-refractivity contribution < 1.29 is 14.3 Å². The normalized spacial score (nSPS) is 10.9. The lowest BCUT2D eigenvalue weighted by Crippen LogP contribution is -2.27. The van der Waals surface area contributed by atoms with Gasteiger partial charge in [-0.1, -0.05) is 11.6 Å². The summed E-state index contributed by atoms with van der Waals surface area (Å²) in [6.45, 7) is 5.57. The Balaban J connectivity index is 2.28. The zero-order chi connectivity index (χ0) is 20.8. The molecule has 0 bridgehead atoms. The first-order valence-corrected chi connectivity index (χ1v) is 9.57. The fourth-order valence-corrected chi connectivity index (χ4v) is 3.42. The number of thiazole rings is 1. The van der Waals surface area contributed by atoms with Gasteiger partial charge in [0.15, 0.2) is 5.13 Å². The molecule has 0 aliphatic carbocycles. The van der Waals surface area contributed by atoms with E-state index < -0.39 is 5.91 Å². The van der Waals surface area contributed by atoms with E-state index in [9.17, 15) is 14.9 Å². The van der Waals surface area contributed by atoms with Crippen LogP contribution in [0.4, 0.5) is 10.8 Å². The minimum Gasteiger partial charge on any atom is -0.495 e. The van der Waals surface area contributed by atoms with E-state index in [0.29, 0.717) is 33.8 Å². The summed E-state index contributed by atoms with van der Waals surface area (Å²) in [6, 6.07) is 5.14. The van der Waals surface area contributed by atoms with E-state index in [1.54, 1.807) is 24.4 Å². The molecule has 0 unspecified atom stereocenters. The van der Waals surface area contributed by atoms with Gasteiger partial charge in [-0.15, -0.1) is 11.3 Å². The predicted octanol–water partition coefficient (Wildman–Crippen LogP) is 4.03. The van der Waals surface area contributed by atoms with Gasteiger partial charge in [0, 0.05) is 29.9 Å². The number of carbonyl (C=O) groups is 2. The average Bonchev–Trinajstić information content (AvgIpc) is 3.10. The van der Waals surface area contributed by atoms with Gasteiger partial charge in [-0.3, -0.25) is 14.5 Å². The van der Waals surface area contributed by atoms with Gasteiger partial charge in [0.05, 0.1) is 18.5 Å². The largest absolute Gasteiger partial charge is 0.495 e. The highest BCUT2D eigenvalue weighted by Gasteiger charge is 2.16. The van der Waals surface area contributed by atoms with Crippen LogP contribution in [0.15, 0.2) is 23.1 Å². The van der Waals surface area contributed by atoms with Crippen LogP contribution in [0.2, 0.25) is 5.02 Å². The monoisotopic (exact) mass is 418 g/mol. The number of aromatic nitrogens is 1.